The second-order valence-electron chi connectivity index (χ2n) is 8.65. The standard InChI is InChI=1S/C13H17N5O8S2.C6H14N4O2/c1-5-7(10(20)18(5)28(23,24)25)16-9(19)8(6-4-27-12(14)15-6)17-26-13(2,3)11(21)22;7-4(5(11)12)2-1-3-10-6(8)9/h4-5,7H,1-3H3,(H2,14,15)(H,16,19)(H,21,22)(H,23,24,25);4H,1-3,7H2,(H,11,12)(H4,8,9,10)/b17-8-;/t5-,7-;4-/m00/s1. The minimum absolute atomic E-state index is 0.0350. The molecule has 2 amide bonds. The van der Waals surface area contributed by atoms with E-state index in [0.717, 1.165) is 11.3 Å². The maximum absolute atomic E-state index is 12.6. The Morgan fingerprint density at radius 1 is 1.35 bits per heavy atom. The van der Waals surface area contributed by atoms with E-state index in [4.69, 9.17) is 42.2 Å². The van der Waals surface area contributed by atoms with Gasteiger partial charge in [0.05, 0.1) is 6.04 Å². The van der Waals surface area contributed by atoms with Crippen LogP contribution in [0.1, 0.15) is 39.3 Å². The van der Waals surface area contributed by atoms with Crippen LogP contribution in [0.4, 0.5) is 5.13 Å². The third-order valence-corrected chi connectivity index (χ3v) is 6.74. The summed E-state index contributed by atoms with van der Waals surface area (Å²) in [5.74, 6) is -4.49. The van der Waals surface area contributed by atoms with Gasteiger partial charge in [-0.1, -0.05) is 5.16 Å². The molecule has 0 unspecified atom stereocenters. The van der Waals surface area contributed by atoms with Crippen LogP contribution >= 0.6 is 11.3 Å². The number of carbonyl (C=O) groups is 4. The predicted molar refractivity (Wildman–Crippen MR) is 140 cm³/mol. The molecule has 0 aliphatic carbocycles. The number of nitrogens with zero attached hydrogens (tertiary/aromatic N) is 3. The second-order valence-corrected chi connectivity index (χ2v) is 10.8. The van der Waals surface area contributed by atoms with Gasteiger partial charge < -0.3 is 42.9 Å². The number of carboxylic acids is 2. The first-order valence-electron chi connectivity index (χ1n) is 11.2. The number of carboxylic acid groups (broad SMARTS) is 2. The van der Waals surface area contributed by atoms with Gasteiger partial charge in [0.25, 0.3) is 11.8 Å². The minimum atomic E-state index is -4.76. The molecule has 19 nitrogen and oxygen atoms in total. The minimum Gasteiger partial charge on any atom is -0.480 e. The van der Waals surface area contributed by atoms with Crippen LogP contribution in [0.15, 0.2) is 10.5 Å². The largest absolute Gasteiger partial charge is 0.480 e. The van der Waals surface area contributed by atoms with Crippen LogP contribution in [0.3, 0.4) is 0 Å². The molecule has 0 bridgehead atoms. The number of oxime groups is 1. The molecule has 0 spiro atoms. The number of guanidine groups is 1. The number of β-lactam (4-membered cyclic amide) rings is 1. The summed E-state index contributed by atoms with van der Waals surface area (Å²) >= 11 is 0.980. The molecule has 1 fully saturated rings. The summed E-state index contributed by atoms with van der Waals surface area (Å²) < 4.78 is 31.4. The van der Waals surface area contributed by atoms with Crippen molar-refractivity contribution in [1.29, 1.82) is 5.41 Å². The van der Waals surface area contributed by atoms with Crippen molar-refractivity contribution in [3.8, 4) is 0 Å². The van der Waals surface area contributed by atoms with Crippen molar-refractivity contribution >= 4 is 62.2 Å². The topological polar surface area (TPSA) is 327 Å². The quantitative estimate of drug-likeness (QED) is 0.0295. The molecule has 0 radical (unpaired) electrons. The molecule has 224 valence electrons. The zero-order chi connectivity index (χ0) is 31.0. The lowest BCUT2D eigenvalue weighted by Gasteiger charge is -2.42. The van der Waals surface area contributed by atoms with E-state index in [0.29, 0.717) is 19.4 Å². The highest BCUT2D eigenvalue weighted by Crippen LogP contribution is 2.23. The van der Waals surface area contributed by atoms with Gasteiger partial charge >= 0.3 is 22.2 Å². The fraction of sp³-hybridized carbons (Fsp3) is 0.526. The Kier molecular flexibility index (Phi) is 11.7. The van der Waals surface area contributed by atoms with Gasteiger partial charge in [0.15, 0.2) is 16.8 Å². The van der Waals surface area contributed by atoms with E-state index >= 15 is 0 Å². The number of amides is 2. The van der Waals surface area contributed by atoms with E-state index in [1.165, 1.54) is 26.2 Å². The number of hydrogen-bond acceptors (Lipinski definition) is 13. The summed E-state index contributed by atoms with van der Waals surface area (Å²) in [7, 11) is -4.76. The fourth-order valence-electron chi connectivity index (χ4n) is 2.78. The Labute approximate surface area is 232 Å². The van der Waals surface area contributed by atoms with Gasteiger partial charge in [-0.2, -0.15) is 8.42 Å². The number of nitrogens with one attached hydrogen (secondary N) is 3. The van der Waals surface area contributed by atoms with Crippen molar-refractivity contribution in [2.75, 3.05) is 12.3 Å². The van der Waals surface area contributed by atoms with Crippen molar-refractivity contribution in [3.63, 3.8) is 0 Å². The number of aromatic nitrogens is 1. The number of anilines is 1. The Bertz CT molecular complexity index is 1260. The van der Waals surface area contributed by atoms with Crippen molar-refractivity contribution in [3.05, 3.63) is 11.1 Å². The first-order valence-corrected chi connectivity index (χ1v) is 13.5. The van der Waals surface area contributed by atoms with E-state index in [-0.39, 0.29) is 21.1 Å². The summed E-state index contributed by atoms with van der Waals surface area (Å²) in [6.45, 7) is 4.18. The number of hydrogen-bond donors (Lipinski definition) is 9. The number of carbonyl (C=O) groups excluding carboxylic acids is 2. The Balaban J connectivity index is 0.000000562. The normalized spacial score (nSPS) is 18.0. The van der Waals surface area contributed by atoms with Crippen LogP contribution in [-0.4, -0.2) is 98.2 Å². The Morgan fingerprint density at radius 3 is 2.38 bits per heavy atom. The summed E-state index contributed by atoms with van der Waals surface area (Å²) in [5.41, 5.74) is 13.5. The van der Waals surface area contributed by atoms with E-state index < -0.39 is 63.5 Å². The summed E-state index contributed by atoms with van der Waals surface area (Å²) in [5, 5.41) is 34.0. The smallest absolute Gasteiger partial charge is 0.362 e. The lowest BCUT2D eigenvalue weighted by molar-refractivity contribution is -0.161. The Morgan fingerprint density at radius 2 is 1.95 bits per heavy atom. The molecule has 12 N–H and O–H groups in total. The molecule has 0 saturated carbocycles. The van der Waals surface area contributed by atoms with Crippen molar-refractivity contribution in [1.82, 2.24) is 19.9 Å². The van der Waals surface area contributed by atoms with Crippen LogP contribution in [0.25, 0.3) is 0 Å². The number of rotatable bonds is 12. The molecule has 0 aromatic carbocycles. The average molecular weight is 610 g/mol. The van der Waals surface area contributed by atoms with E-state index in [1.807, 2.05) is 0 Å². The summed E-state index contributed by atoms with van der Waals surface area (Å²) in [6, 6.07) is -3.13. The van der Waals surface area contributed by atoms with Crippen LogP contribution in [0.2, 0.25) is 0 Å². The van der Waals surface area contributed by atoms with E-state index in [1.54, 1.807) is 0 Å². The highest BCUT2D eigenvalue weighted by Gasteiger charge is 2.51. The molecule has 1 aliphatic rings. The van der Waals surface area contributed by atoms with Crippen LogP contribution in [-0.2, 0) is 34.3 Å². The number of nitrogens with two attached hydrogens (primary N) is 3. The molecule has 2 rings (SSSR count). The first-order chi connectivity index (χ1) is 18.3. The van der Waals surface area contributed by atoms with Crippen LogP contribution in [0.5, 0.6) is 0 Å². The Hall–Kier alpha value is -4.08. The predicted octanol–water partition coefficient (Wildman–Crippen LogP) is -2.51. The molecular formula is C19H31N9O10S2. The third-order valence-electron chi connectivity index (χ3n) is 5.06. The van der Waals surface area contributed by atoms with E-state index in [9.17, 15) is 27.6 Å². The lowest BCUT2D eigenvalue weighted by atomic mass is 10.0. The van der Waals surface area contributed by atoms with Gasteiger partial charge in [-0.25, -0.2) is 14.1 Å². The highest BCUT2D eigenvalue weighted by molar-refractivity contribution is 7.84. The lowest BCUT2D eigenvalue weighted by Crippen LogP contribution is -2.71. The van der Waals surface area contributed by atoms with Gasteiger partial charge in [-0.3, -0.25) is 24.3 Å². The van der Waals surface area contributed by atoms with Gasteiger partial charge in [0.1, 0.15) is 17.8 Å². The molecule has 1 aliphatic heterocycles. The maximum Gasteiger partial charge on any atom is 0.362 e. The number of nitrogen functional groups attached to an aromatic ring is 1. The van der Waals surface area contributed by atoms with Crippen LogP contribution in [0, 0.1) is 5.41 Å². The summed E-state index contributed by atoms with van der Waals surface area (Å²) in [4.78, 5) is 54.6. The van der Waals surface area contributed by atoms with Crippen molar-refractivity contribution in [2.45, 2.75) is 57.3 Å². The molecule has 1 aromatic rings. The first kappa shape index (κ1) is 33.9. The van der Waals surface area contributed by atoms with Crippen molar-refractivity contribution in [2.24, 2.45) is 16.6 Å². The van der Waals surface area contributed by atoms with E-state index in [2.05, 4.69) is 20.8 Å². The fourth-order valence-corrected chi connectivity index (χ4v) is 4.21. The molecular weight excluding hydrogens is 578 g/mol. The van der Waals surface area contributed by atoms with Gasteiger partial charge in [0, 0.05) is 11.9 Å². The monoisotopic (exact) mass is 609 g/mol. The number of thiazole rings is 1. The zero-order valence-electron chi connectivity index (χ0n) is 21.5. The van der Waals surface area contributed by atoms with Crippen LogP contribution < -0.4 is 27.8 Å². The van der Waals surface area contributed by atoms with Crippen molar-refractivity contribution < 1.29 is 47.2 Å². The molecule has 40 heavy (non-hydrogen) atoms. The SMILES string of the molecule is C[C@H]1[C@H](NC(=O)/C(=N\OC(C)(C)C(=O)O)c2csc(N)n2)C(=O)N1S(=O)(=O)O.N=C(N)NCCC[C@H](N)C(=O)O. The summed E-state index contributed by atoms with van der Waals surface area (Å²) in [6.07, 6.45) is 0.975. The molecule has 1 saturated heterocycles. The molecule has 2 heterocycles. The second kappa shape index (κ2) is 13.8. The molecule has 3 atom stereocenters. The maximum atomic E-state index is 12.6. The third kappa shape index (κ3) is 9.59. The number of aliphatic carboxylic acids is 2. The van der Waals surface area contributed by atoms with Gasteiger partial charge in [-0.05, 0) is 33.6 Å². The van der Waals surface area contributed by atoms with Gasteiger partial charge in [0.2, 0.25) is 5.60 Å². The molecule has 1 aromatic heterocycles. The molecule has 21 heteroatoms. The highest BCUT2D eigenvalue weighted by atomic mass is 32.2. The zero-order valence-corrected chi connectivity index (χ0v) is 23.2. The average Bonchev–Trinajstić information content (AvgIpc) is 3.25. The van der Waals surface area contributed by atoms with Gasteiger partial charge in [-0.15, -0.1) is 11.3 Å².